The van der Waals surface area contributed by atoms with Crippen molar-refractivity contribution in [3.05, 3.63) is 59.2 Å². The largest absolute Gasteiger partial charge is 0.460 e. The first-order valence-electron chi connectivity index (χ1n) is 13.8. The molecule has 0 aliphatic carbocycles. The van der Waals surface area contributed by atoms with Crippen LogP contribution in [-0.4, -0.2) is 55.4 Å². The maximum Gasteiger partial charge on any atom is 0.306 e. The van der Waals surface area contributed by atoms with Crippen molar-refractivity contribution in [1.82, 2.24) is 5.48 Å². The molecule has 2 aliphatic heterocycles. The molecule has 220 valence electrons. The number of nitrogens with one attached hydrogen (secondary N) is 1. The second-order valence-corrected chi connectivity index (χ2v) is 19.8. The Bertz CT molecular complexity index is 1140. The molecule has 7 nitrogen and oxygen atoms in total. The van der Waals surface area contributed by atoms with E-state index < -0.39 is 20.1 Å². The molecular formula is C30H43NO6S2Si. The summed E-state index contributed by atoms with van der Waals surface area (Å²) in [6.07, 6.45) is 5.71. The monoisotopic (exact) mass is 605 g/mol. The highest BCUT2D eigenvalue weighted by atomic mass is 32.2. The van der Waals surface area contributed by atoms with Crippen molar-refractivity contribution in [3.8, 4) is 0 Å². The van der Waals surface area contributed by atoms with E-state index in [1.54, 1.807) is 24.6 Å². The molecule has 0 saturated carbocycles. The van der Waals surface area contributed by atoms with Gasteiger partial charge in [0.05, 0.1) is 17.1 Å². The average molecular weight is 606 g/mol. The second-order valence-electron chi connectivity index (χ2n) is 12.1. The van der Waals surface area contributed by atoms with E-state index in [2.05, 4.69) is 33.9 Å². The molecule has 1 unspecified atom stereocenters. The SMILES string of the molecule is CC(/C=C/C(=O)NO)=C\C(C)C(=O)c1ccc(C2([C@H]3CC(=O)O[C@@H]3CO[Si](C)(C)C(C)(C)C)SCCCS2)cc1. The van der Waals surface area contributed by atoms with Crippen LogP contribution < -0.4 is 5.48 Å². The number of hydroxylamine groups is 1. The summed E-state index contributed by atoms with van der Waals surface area (Å²) in [4.78, 5) is 37.0. The van der Waals surface area contributed by atoms with Crippen LogP contribution in [0.3, 0.4) is 0 Å². The van der Waals surface area contributed by atoms with E-state index in [1.807, 2.05) is 54.7 Å². The van der Waals surface area contributed by atoms with Gasteiger partial charge >= 0.3 is 5.97 Å². The summed E-state index contributed by atoms with van der Waals surface area (Å²) in [6.45, 7) is 15.1. The van der Waals surface area contributed by atoms with Gasteiger partial charge < -0.3 is 9.16 Å². The maximum atomic E-state index is 13.2. The number of carbonyl (C=O) groups excluding carboxylic acids is 3. The molecule has 3 atom stereocenters. The number of thioether (sulfide) groups is 2. The Kier molecular flexibility index (Phi) is 11.0. The zero-order chi connectivity index (χ0) is 29.7. The molecule has 40 heavy (non-hydrogen) atoms. The summed E-state index contributed by atoms with van der Waals surface area (Å²) in [6, 6.07) is 7.81. The van der Waals surface area contributed by atoms with Crippen LogP contribution in [0.2, 0.25) is 18.1 Å². The Morgan fingerprint density at radius 2 is 1.82 bits per heavy atom. The molecule has 2 N–H and O–H groups in total. The van der Waals surface area contributed by atoms with E-state index in [4.69, 9.17) is 14.4 Å². The summed E-state index contributed by atoms with van der Waals surface area (Å²) in [7, 11) is -2.02. The van der Waals surface area contributed by atoms with Crippen LogP contribution in [0.4, 0.5) is 0 Å². The fourth-order valence-corrected chi connectivity index (χ4v) is 9.41. The average Bonchev–Trinajstić information content (AvgIpc) is 3.30. The molecule has 2 heterocycles. The second kappa shape index (κ2) is 13.4. The van der Waals surface area contributed by atoms with Gasteiger partial charge in [-0.25, -0.2) is 5.48 Å². The van der Waals surface area contributed by atoms with Crippen LogP contribution in [0.15, 0.2) is 48.1 Å². The number of ether oxygens (including phenoxy) is 1. The predicted octanol–water partition coefficient (Wildman–Crippen LogP) is 6.49. The quantitative estimate of drug-likeness (QED) is 0.0594. The Hall–Kier alpha value is -1.85. The van der Waals surface area contributed by atoms with Gasteiger partial charge in [0.15, 0.2) is 14.1 Å². The van der Waals surface area contributed by atoms with Gasteiger partial charge in [-0.15, -0.1) is 23.5 Å². The molecule has 10 heteroatoms. The molecule has 2 fully saturated rings. The van der Waals surface area contributed by atoms with Gasteiger partial charge in [0.25, 0.3) is 5.91 Å². The highest BCUT2D eigenvalue weighted by Crippen LogP contribution is 2.59. The summed E-state index contributed by atoms with van der Waals surface area (Å²) in [5.74, 6) is 0.746. The first-order chi connectivity index (χ1) is 18.7. The lowest BCUT2D eigenvalue weighted by Gasteiger charge is -2.43. The molecule has 2 saturated heterocycles. The molecule has 1 aromatic carbocycles. The maximum absolute atomic E-state index is 13.2. The van der Waals surface area contributed by atoms with E-state index in [-0.39, 0.29) is 32.9 Å². The summed E-state index contributed by atoms with van der Waals surface area (Å²) < 4.78 is 12.1. The number of carbonyl (C=O) groups is 3. The summed E-state index contributed by atoms with van der Waals surface area (Å²) >= 11 is 3.76. The number of amides is 1. The number of esters is 1. The minimum absolute atomic E-state index is 0.0241. The van der Waals surface area contributed by atoms with Crippen molar-refractivity contribution in [2.45, 2.75) is 75.8 Å². The van der Waals surface area contributed by atoms with Crippen molar-refractivity contribution in [1.29, 1.82) is 0 Å². The molecule has 1 amide bonds. The third-order valence-corrected chi connectivity index (χ3v) is 16.2. The fourth-order valence-electron chi connectivity index (χ4n) is 4.69. The molecule has 2 aliphatic rings. The first kappa shape index (κ1) is 32.7. The number of benzene rings is 1. The minimum Gasteiger partial charge on any atom is -0.460 e. The van der Waals surface area contributed by atoms with E-state index in [0.717, 1.165) is 29.1 Å². The Morgan fingerprint density at radius 1 is 1.20 bits per heavy atom. The van der Waals surface area contributed by atoms with Gasteiger partial charge in [0.1, 0.15) is 6.10 Å². The first-order valence-corrected chi connectivity index (χ1v) is 18.6. The molecule has 1 aromatic rings. The number of ketones is 1. The Morgan fingerprint density at radius 3 is 2.40 bits per heavy atom. The molecule has 0 radical (unpaired) electrons. The van der Waals surface area contributed by atoms with Crippen LogP contribution in [0.5, 0.6) is 0 Å². The van der Waals surface area contributed by atoms with Crippen molar-refractivity contribution < 1.29 is 28.8 Å². The molecular weight excluding hydrogens is 563 g/mol. The third kappa shape index (κ3) is 7.70. The lowest BCUT2D eigenvalue weighted by Crippen LogP contribution is -2.45. The normalized spacial score (nSPS) is 22.7. The van der Waals surface area contributed by atoms with Crippen LogP contribution in [-0.2, 0) is 22.8 Å². The van der Waals surface area contributed by atoms with Crippen molar-refractivity contribution in [2.24, 2.45) is 11.8 Å². The van der Waals surface area contributed by atoms with E-state index in [0.29, 0.717) is 18.6 Å². The number of hydrogen-bond acceptors (Lipinski definition) is 8. The third-order valence-electron chi connectivity index (χ3n) is 8.05. The number of Topliss-reactive ketones (excluding diaryl/α,β-unsaturated/α-hetero) is 1. The number of hydrogen-bond donors (Lipinski definition) is 2. The lowest BCUT2D eigenvalue weighted by atomic mass is 9.90. The van der Waals surface area contributed by atoms with Crippen LogP contribution in [0, 0.1) is 11.8 Å². The van der Waals surface area contributed by atoms with Crippen LogP contribution in [0.25, 0.3) is 0 Å². The van der Waals surface area contributed by atoms with Gasteiger partial charge in [-0.2, -0.15) is 0 Å². The van der Waals surface area contributed by atoms with E-state index in [9.17, 15) is 14.4 Å². The predicted molar refractivity (Wildman–Crippen MR) is 165 cm³/mol. The standard InChI is InChI=1S/C30H43NO6S2Si/c1-20(9-14-26(32)31-35)17-21(2)28(34)22-10-12-23(13-11-22)30(38-15-8-16-39-30)24-18-27(33)37-25(24)19-36-40(6,7)29(3,4)5/h9-14,17,21,24-25,35H,8,15-16,18-19H2,1-7H3,(H,31,32)/b14-9+,20-17+/t21?,24-,25+/m0/s1. The van der Waals surface area contributed by atoms with Gasteiger partial charge in [0.2, 0.25) is 0 Å². The Balaban J connectivity index is 1.83. The summed E-state index contributed by atoms with van der Waals surface area (Å²) in [5.41, 5.74) is 3.99. The highest BCUT2D eigenvalue weighted by molar-refractivity contribution is 8.18. The fraction of sp³-hybridized carbons (Fsp3) is 0.567. The molecule has 0 bridgehead atoms. The smallest absolute Gasteiger partial charge is 0.306 e. The van der Waals surface area contributed by atoms with E-state index >= 15 is 0 Å². The van der Waals surface area contributed by atoms with Gasteiger partial charge in [-0.05, 0) is 48.5 Å². The van der Waals surface area contributed by atoms with Crippen molar-refractivity contribution in [2.75, 3.05) is 18.1 Å². The Labute approximate surface area is 248 Å². The lowest BCUT2D eigenvalue weighted by molar-refractivity contribution is -0.142. The zero-order valence-electron chi connectivity index (χ0n) is 24.6. The topological polar surface area (TPSA) is 102 Å². The van der Waals surface area contributed by atoms with Crippen LogP contribution >= 0.6 is 23.5 Å². The zero-order valence-corrected chi connectivity index (χ0v) is 27.2. The number of cyclic esters (lactones) is 1. The molecule has 3 rings (SSSR count). The number of allylic oxidation sites excluding steroid dienone is 3. The van der Waals surface area contributed by atoms with Crippen molar-refractivity contribution >= 4 is 49.5 Å². The van der Waals surface area contributed by atoms with Gasteiger partial charge in [-0.3, -0.25) is 19.6 Å². The van der Waals surface area contributed by atoms with E-state index in [1.165, 1.54) is 6.08 Å². The molecule has 0 aromatic heterocycles. The van der Waals surface area contributed by atoms with Gasteiger partial charge in [0, 0.05) is 23.5 Å². The molecule has 0 spiro atoms. The minimum atomic E-state index is -2.02. The van der Waals surface area contributed by atoms with Gasteiger partial charge in [-0.1, -0.05) is 69.7 Å². The highest BCUT2D eigenvalue weighted by Gasteiger charge is 2.53. The van der Waals surface area contributed by atoms with Crippen LogP contribution in [0.1, 0.15) is 63.4 Å². The summed E-state index contributed by atoms with van der Waals surface area (Å²) in [5, 5.41) is 8.69. The van der Waals surface area contributed by atoms with Crippen molar-refractivity contribution in [3.63, 3.8) is 0 Å². The number of rotatable bonds is 10.